The highest BCUT2D eigenvalue weighted by Crippen LogP contribution is 2.19. The van der Waals surface area contributed by atoms with Gasteiger partial charge in [-0.3, -0.25) is 9.58 Å². The van der Waals surface area contributed by atoms with E-state index in [9.17, 15) is 0 Å². The Morgan fingerprint density at radius 3 is 2.96 bits per heavy atom. The molecule has 0 N–H and O–H groups in total. The highest BCUT2D eigenvalue weighted by atomic mass is 16.5. The predicted molar refractivity (Wildman–Crippen MR) is 88.7 cm³/mol. The van der Waals surface area contributed by atoms with Crippen molar-refractivity contribution in [2.75, 3.05) is 19.7 Å². The molecule has 4 rings (SSSR count). The molecule has 0 aromatic carbocycles. The summed E-state index contributed by atoms with van der Waals surface area (Å²) in [6.07, 6.45) is 1.68. The van der Waals surface area contributed by atoms with Crippen LogP contribution in [0, 0.1) is 13.8 Å². The van der Waals surface area contributed by atoms with Gasteiger partial charge < -0.3 is 13.6 Å². The predicted octanol–water partition coefficient (Wildman–Crippen LogP) is 2.04. The summed E-state index contributed by atoms with van der Waals surface area (Å²) in [5.41, 5.74) is 2.18. The van der Waals surface area contributed by atoms with Crippen LogP contribution in [0.3, 0.4) is 0 Å². The van der Waals surface area contributed by atoms with Gasteiger partial charge in [0.25, 0.3) is 5.89 Å². The largest absolute Gasteiger partial charge is 0.459 e. The SMILES string of the molecule is Cc1cc(C)n(C[C@@H]2CN(Cc3nnc(-c4ccco4)o3)CCO2)n1. The van der Waals surface area contributed by atoms with Crippen LogP contribution in [-0.4, -0.2) is 50.7 Å². The van der Waals surface area contributed by atoms with Gasteiger partial charge in [0.15, 0.2) is 5.76 Å². The number of morpholine rings is 1. The molecule has 1 aliphatic heterocycles. The van der Waals surface area contributed by atoms with Gasteiger partial charge in [-0.25, -0.2) is 0 Å². The van der Waals surface area contributed by atoms with Gasteiger partial charge in [-0.1, -0.05) is 0 Å². The Bertz CT molecular complexity index is 823. The van der Waals surface area contributed by atoms with Crippen LogP contribution in [0.1, 0.15) is 17.3 Å². The molecule has 0 bridgehead atoms. The van der Waals surface area contributed by atoms with E-state index in [2.05, 4.69) is 33.2 Å². The molecule has 1 aliphatic rings. The van der Waals surface area contributed by atoms with Crippen molar-refractivity contribution in [2.24, 2.45) is 0 Å². The number of hydrogen-bond acceptors (Lipinski definition) is 7. The number of ether oxygens (including phenoxy) is 1. The third-order valence-electron chi connectivity index (χ3n) is 4.26. The first-order chi connectivity index (χ1) is 12.2. The summed E-state index contributed by atoms with van der Waals surface area (Å²) >= 11 is 0. The van der Waals surface area contributed by atoms with E-state index in [4.69, 9.17) is 13.6 Å². The van der Waals surface area contributed by atoms with Crippen molar-refractivity contribution >= 4 is 0 Å². The summed E-state index contributed by atoms with van der Waals surface area (Å²) in [5, 5.41) is 12.7. The zero-order valence-corrected chi connectivity index (χ0v) is 14.4. The fourth-order valence-electron chi connectivity index (χ4n) is 3.10. The van der Waals surface area contributed by atoms with Crippen molar-refractivity contribution in [1.29, 1.82) is 0 Å². The Hall–Kier alpha value is -2.45. The lowest BCUT2D eigenvalue weighted by Gasteiger charge is -2.32. The molecule has 0 aliphatic carbocycles. The molecule has 132 valence electrons. The van der Waals surface area contributed by atoms with Gasteiger partial charge in [-0.05, 0) is 32.0 Å². The molecule has 25 heavy (non-hydrogen) atoms. The van der Waals surface area contributed by atoms with Crippen LogP contribution in [0.5, 0.6) is 0 Å². The first-order valence-electron chi connectivity index (χ1n) is 8.38. The van der Waals surface area contributed by atoms with E-state index < -0.39 is 0 Å². The summed E-state index contributed by atoms with van der Waals surface area (Å²) in [6.45, 7) is 7.74. The molecule has 0 amide bonds. The number of aryl methyl sites for hydroxylation is 2. The van der Waals surface area contributed by atoms with Crippen LogP contribution in [0.25, 0.3) is 11.7 Å². The van der Waals surface area contributed by atoms with E-state index in [1.807, 2.05) is 11.6 Å². The fourth-order valence-corrected chi connectivity index (χ4v) is 3.10. The molecule has 4 heterocycles. The van der Waals surface area contributed by atoms with Crippen LogP contribution in [-0.2, 0) is 17.8 Å². The van der Waals surface area contributed by atoms with Crippen molar-refractivity contribution in [1.82, 2.24) is 24.9 Å². The Labute approximate surface area is 145 Å². The minimum absolute atomic E-state index is 0.0965. The fraction of sp³-hybridized carbons (Fsp3) is 0.471. The number of aromatic nitrogens is 4. The molecular formula is C17H21N5O3. The van der Waals surface area contributed by atoms with Gasteiger partial charge in [0.2, 0.25) is 5.89 Å². The molecule has 0 unspecified atom stereocenters. The molecule has 8 nitrogen and oxygen atoms in total. The van der Waals surface area contributed by atoms with Crippen molar-refractivity contribution in [2.45, 2.75) is 33.0 Å². The van der Waals surface area contributed by atoms with E-state index in [1.54, 1.807) is 18.4 Å². The molecule has 8 heteroatoms. The van der Waals surface area contributed by atoms with E-state index in [0.29, 0.717) is 30.7 Å². The van der Waals surface area contributed by atoms with Gasteiger partial charge >= 0.3 is 0 Å². The maximum Gasteiger partial charge on any atom is 0.283 e. The van der Waals surface area contributed by atoms with E-state index in [0.717, 1.165) is 31.0 Å². The average Bonchev–Trinajstić information content (AvgIpc) is 3.30. The van der Waals surface area contributed by atoms with Crippen molar-refractivity contribution in [3.8, 4) is 11.7 Å². The molecule has 3 aromatic heterocycles. The second-order valence-corrected chi connectivity index (χ2v) is 6.32. The van der Waals surface area contributed by atoms with Gasteiger partial charge in [0, 0.05) is 18.8 Å². The first kappa shape index (κ1) is 16.0. The Balaban J connectivity index is 1.37. The molecule has 1 saturated heterocycles. The van der Waals surface area contributed by atoms with Gasteiger partial charge in [-0.2, -0.15) is 5.10 Å². The third kappa shape index (κ3) is 3.64. The van der Waals surface area contributed by atoms with Gasteiger partial charge in [0.1, 0.15) is 0 Å². The number of furan rings is 1. The lowest BCUT2D eigenvalue weighted by atomic mass is 10.2. The number of nitrogens with zero attached hydrogens (tertiary/aromatic N) is 5. The molecule has 0 spiro atoms. The van der Waals surface area contributed by atoms with E-state index >= 15 is 0 Å². The van der Waals surface area contributed by atoms with E-state index in [1.165, 1.54) is 0 Å². The van der Waals surface area contributed by atoms with Crippen molar-refractivity contribution < 1.29 is 13.6 Å². The molecule has 0 radical (unpaired) electrons. The zero-order chi connectivity index (χ0) is 17.2. The van der Waals surface area contributed by atoms with Crippen molar-refractivity contribution in [3.05, 3.63) is 41.7 Å². The zero-order valence-electron chi connectivity index (χ0n) is 14.4. The minimum Gasteiger partial charge on any atom is -0.459 e. The van der Waals surface area contributed by atoms with E-state index in [-0.39, 0.29) is 6.10 Å². The summed E-state index contributed by atoms with van der Waals surface area (Å²) in [5.74, 6) is 1.58. The number of hydrogen-bond donors (Lipinski definition) is 0. The quantitative estimate of drug-likeness (QED) is 0.701. The Morgan fingerprint density at radius 1 is 1.28 bits per heavy atom. The standard InChI is InChI=1S/C17H21N5O3/c1-12-8-13(2)22(20-12)10-14-9-21(5-7-23-14)11-16-18-19-17(25-16)15-4-3-6-24-15/h3-4,6,8,14H,5,7,9-11H2,1-2H3/t14-/m0/s1. The molecule has 0 saturated carbocycles. The van der Waals surface area contributed by atoms with Crippen LogP contribution in [0.2, 0.25) is 0 Å². The van der Waals surface area contributed by atoms with Crippen molar-refractivity contribution in [3.63, 3.8) is 0 Å². The molecule has 1 atom stereocenters. The lowest BCUT2D eigenvalue weighted by molar-refractivity contribution is -0.0425. The van der Waals surface area contributed by atoms with Crippen LogP contribution >= 0.6 is 0 Å². The minimum atomic E-state index is 0.0965. The summed E-state index contributed by atoms with van der Waals surface area (Å²) < 4.78 is 18.9. The smallest absolute Gasteiger partial charge is 0.283 e. The summed E-state index contributed by atoms with van der Waals surface area (Å²) in [4.78, 5) is 2.26. The average molecular weight is 343 g/mol. The highest BCUT2D eigenvalue weighted by molar-refractivity contribution is 5.42. The van der Waals surface area contributed by atoms with Crippen LogP contribution < -0.4 is 0 Å². The van der Waals surface area contributed by atoms with Crippen LogP contribution in [0.4, 0.5) is 0 Å². The highest BCUT2D eigenvalue weighted by Gasteiger charge is 2.23. The Morgan fingerprint density at radius 2 is 2.20 bits per heavy atom. The normalized spacial score (nSPS) is 18.7. The maximum absolute atomic E-state index is 5.89. The second kappa shape index (κ2) is 6.81. The molecule has 1 fully saturated rings. The molecular weight excluding hydrogens is 322 g/mol. The third-order valence-corrected chi connectivity index (χ3v) is 4.26. The lowest BCUT2D eigenvalue weighted by Crippen LogP contribution is -2.44. The first-order valence-corrected chi connectivity index (χ1v) is 8.38. The monoisotopic (exact) mass is 343 g/mol. The van der Waals surface area contributed by atoms with Gasteiger partial charge in [0.05, 0.1) is 37.8 Å². The number of rotatable bonds is 5. The maximum atomic E-state index is 5.89. The molecule has 3 aromatic rings. The Kier molecular flexibility index (Phi) is 4.37. The second-order valence-electron chi connectivity index (χ2n) is 6.32. The summed E-state index contributed by atoms with van der Waals surface area (Å²) in [7, 11) is 0. The topological polar surface area (TPSA) is 82.4 Å². The van der Waals surface area contributed by atoms with Gasteiger partial charge in [-0.15, -0.1) is 10.2 Å². The summed E-state index contributed by atoms with van der Waals surface area (Å²) in [6, 6.07) is 5.68. The van der Waals surface area contributed by atoms with Crippen LogP contribution in [0.15, 0.2) is 33.3 Å².